The summed E-state index contributed by atoms with van der Waals surface area (Å²) < 4.78 is 13.0. The highest BCUT2D eigenvalue weighted by Gasteiger charge is 2.19. The lowest BCUT2D eigenvalue weighted by Gasteiger charge is -2.18. The summed E-state index contributed by atoms with van der Waals surface area (Å²) in [4.78, 5) is 14.2. The Hall–Kier alpha value is -3.33. The average molecular weight is 451 g/mol. The minimum Gasteiger partial charge on any atom is -0.496 e. The molecule has 3 aromatic heterocycles. The van der Waals surface area contributed by atoms with Gasteiger partial charge in [0.25, 0.3) is 0 Å². The van der Waals surface area contributed by atoms with E-state index in [1.807, 2.05) is 57.9 Å². The second-order valence-corrected chi connectivity index (χ2v) is 8.21. The Morgan fingerprint density at radius 1 is 1.03 bits per heavy atom. The van der Waals surface area contributed by atoms with Gasteiger partial charge in [0.15, 0.2) is 11.0 Å². The molecule has 1 aromatic carbocycles. The van der Waals surface area contributed by atoms with Crippen LogP contribution in [0.4, 0.5) is 5.82 Å². The molecule has 0 radical (unpaired) electrons. The van der Waals surface area contributed by atoms with Crippen LogP contribution in [0.1, 0.15) is 16.7 Å². The molecule has 4 rings (SSSR count). The molecule has 4 aromatic rings. The molecule has 9 heteroatoms. The Morgan fingerprint density at radius 2 is 1.75 bits per heavy atom. The van der Waals surface area contributed by atoms with Crippen molar-refractivity contribution < 1.29 is 9.47 Å². The Balaban J connectivity index is 1.89. The average Bonchev–Trinajstić information content (AvgIpc) is 3.22. The summed E-state index contributed by atoms with van der Waals surface area (Å²) in [7, 11) is 5.22. The molecule has 3 heterocycles. The maximum Gasteiger partial charge on any atom is 0.187 e. The van der Waals surface area contributed by atoms with Crippen LogP contribution in [-0.2, 0) is 13.6 Å². The van der Waals surface area contributed by atoms with Crippen molar-refractivity contribution in [2.24, 2.45) is 7.05 Å². The van der Waals surface area contributed by atoms with Gasteiger partial charge in [-0.3, -0.25) is 4.68 Å². The molecule has 0 unspecified atom stereocenters. The fourth-order valence-electron chi connectivity index (χ4n) is 3.79. The fraction of sp³-hybridized carbons (Fsp3) is 0.304. The molecule has 0 aliphatic carbocycles. The third-order valence-corrected chi connectivity index (χ3v) is 5.95. The Kier molecular flexibility index (Phi) is 6.18. The van der Waals surface area contributed by atoms with E-state index in [9.17, 15) is 0 Å². The first kappa shape index (κ1) is 21.9. The maximum absolute atomic E-state index is 5.60. The van der Waals surface area contributed by atoms with E-state index in [1.54, 1.807) is 18.9 Å². The molecule has 0 spiro atoms. The third kappa shape index (κ3) is 4.08. The van der Waals surface area contributed by atoms with E-state index in [0.29, 0.717) is 17.5 Å². The normalized spacial score (nSPS) is 11.1. The molecule has 0 atom stereocenters. The number of nitrogens with one attached hydrogen (secondary N) is 1. The minimum absolute atomic E-state index is 0.581. The lowest BCUT2D eigenvalue weighted by atomic mass is 9.97. The van der Waals surface area contributed by atoms with E-state index in [0.717, 1.165) is 50.3 Å². The van der Waals surface area contributed by atoms with E-state index < -0.39 is 0 Å². The molecule has 1 N–H and O–H groups in total. The minimum atomic E-state index is 0.581. The number of aryl methyl sites for hydroxylation is 1. The zero-order valence-electron chi connectivity index (χ0n) is 19.1. The van der Waals surface area contributed by atoms with Gasteiger partial charge in [0.1, 0.15) is 17.0 Å². The number of hydrogen-bond donors (Lipinski definition) is 1. The molecule has 0 bridgehead atoms. The summed E-state index contributed by atoms with van der Waals surface area (Å²) in [6.45, 7) is 4.64. The van der Waals surface area contributed by atoms with E-state index in [4.69, 9.17) is 19.4 Å². The second-order valence-electron chi connectivity index (χ2n) is 7.43. The molecular formula is C23H26N6O2S. The molecule has 166 valence electrons. The highest BCUT2D eigenvalue weighted by Crippen LogP contribution is 2.39. The van der Waals surface area contributed by atoms with Crippen LogP contribution in [0, 0.1) is 13.8 Å². The number of pyridine rings is 1. The molecule has 0 amide bonds. The summed E-state index contributed by atoms with van der Waals surface area (Å²) in [5.41, 5.74) is 5.61. The molecule has 8 nitrogen and oxygen atoms in total. The predicted octanol–water partition coefficient (Wildman–Crippen LogP) is 4.39. The van der Waals surface area contributed by atoms with Gasteiger partial charge in [-0.1, -0.05) is 11.8 Å². The van der Waals surface area contributed by atoms with E-state index >= 15 is 0 Å². The van der Waals surface area contributed by atoms with Gasteiger partial charge in [0.2, 0.25) is 0 Å². The van der Waals surface area contributed by atoms with Gasteiger partial charge in [0.05, 0.1) is 26.1 Å². The lowest BCUT2D eigenvalue weighted by molar-refractivity contribution is 0.391. The number of thioether (sulfide) groups is 1. The van der Waals surface area contributed by atoms with Crippen molar-refractivity contribution in [2.45, 2.75) is 25.5 Å². The van der Waals surface area contributed by atoms with Crippen molar-refractivity contribution in [3.05, 3.63) is 47.4 Å². The fourth-order valence-corrected chi connectivity index (χ4v) is 4.13. The highest BCUT2D eigenvalue weighted by molar-refractivity contribution is 7.98. The number of benzene rings is 1. The van der Waals surface area contributed by atoms with Crippen molar-refractivity contribution >= 4 is 28.5 Å². The SMILES string of the molecule is COc1cc(OC)c(C)c(-c2cc3cnc(SC)nc3c(NCc3cnn(C)c3)n2)c1C. The number of methoxy groups -OCH3 is 2. The third-order valence-electron chi connectivity index (χ3n) is 5.39. The van der Waals surface area contributed by atoms with Crippen molar-refractivity contribution in [3.63, 3.8) is 0 Å². The van der Waals surface area contributed by atoms with Crippen molar-refractivity contribution in [3.8, 4) is 22.8 Å². The first-order valence-corrected chi connectivity index (χ1v) is 11.3. The van der Waals surface area contributed by atoms with Crippen molar-refractivity contribution in [1.29, 1.82) is 0 Å². The quantitative estimate of drug-likeness (QED) is 0.328. The summed E-state index contributed by atoms with van der Waals surface area (Å²) >= 11 is 1.50. The van der Waals surface area contributed by atoms with Crippen LogP contribution in [0.25, 0.3) is 22.2 Å². The second kappa shape index (κ2) is 9.04. The van der Waals surface area contributed by atoms with E-state index in [-0.39, 0.29) is 0 Å². The zero-order valence-corrected chi connectivity index (χ0v) is 19.9. The van der Waals surface area contributed by atoms with Crippen molar-refractivity contribution in [2.75, 3.05) is 25.8 Å². The summed E-state index contributed by atoms with van der Waals surface area (Å²) in [5, 5.41) is 9.30. The standard InChI is InChI=1S/C23H26N6O2S/c1-13-18(30-4)8-19(31-5)14(2)20(13)17-7-16-11-25-23(32-6)28-21(16)22(27-17)24-9-15-10-26-29(3)12-15/h7-8,10-12H,9H2,1-6H3,(H,24,27). The molecule has 0 aliphatic rings. The monoisotopic (exact) mass is 450 g/mol. The van der Waals surface area contributed by atoms with Gasteiger partial charge in [-0.05, 0) is 26.2 Å². The van der Waals surface area contributed by atoms with Gasteiger partial charge in [0, 0.05) is 59.7 Å². The molecule has 0 fully saturated rings. The van der Waals surface area contributed by atoms with Gasteiger partial charge in [-0.2, -0.15) is 5.10 Å². The van der Waals surface area contributed by atoms with Gasteiger partial charge >= 0.3 is 0 Å². The van der Waals surface area contributed by atoms with Gasteiger partial charge in [-0.15, -0.1) is 0 Å². The first-order valence-electron chi connectivity index (χ1n) is 10.1. The summed E-state index contributed by atoms with van der Waals surface area (Å²) in [6, 6.07) is 3.92. The highest BCUT2D eigenvalue weighted by atomic mass is 32.2. The van der Waals surface area contributed by atoms with Crippen LogP contribution in [0.3, 0.4) is 0 Å². The zero-order chi connectivity index (χ0) is 22.8. The Bertz CT molecular complexity index is 1260. The molecular weight excluding hydrogens is 424 g/mol. The molecule has 32 heavy (non-hydrogen) atoms. The predicted molar refractivity (Wildman–Crippen MR) is 128 cm³/mol. The molecule has 0 saturated heterocycles. The number of hydrogen-bond acceptors (Lipinski definition) is 8. The van der Waals surface area contributed by atoms with Crippen LogP contribution >= 0.6 is 11.8 Å². The van der Waals surface area contributed by atoms with Crippen LogP contribution in [0.2, 0.25) is 0 Å². The van der Waals surface area contributed by atoms with Crippen LogP contribution in [0.15, 0.2) is 35.9 Å². The van der Waals surface area contributed by atoms with E-state index in [2.05, 4.69) is 15.4 Å². The number of fused-ring (bicyclic) bond motifs is 1. The summed E-state index contributed by atoms with van der Waals surface area (Å²) in [6.07, 6.45) is 7.61. The smallest absolute Gasteiger partial charge is 0.187 e. The first-order chi connectivity index (χ1) is 15.4. The lowest BCUT2D eigenvalue weighted by Crippen LogP contribution is -2.05. The van der Waals surface area contributed by atoms with Crippen LogP contribution in [-0.4, -0.2) is 45.2 Å². The molecule has 0 saturated carbocycles. The summed E-state index contributed by atoms with van der Waals surface area (Å²) in [5.74, 6) is 2.20. The van der Waals surface area contributed by atoms with Crippen LogP contribution < -0.4 is 14.8 Å². The Labute approximate surface area is 191 Å². The van der Waals surface area contributed by atoms with Gasteiger partial charge in [-0.25, -0.2) is 15.0 Å². The largest absolute Gasteiger partial charge is 0.496 e. The number of aromatic nitrogens is 5. The number of rotatable bonds is 7. The van der Waals surface area contributed by atoms with Crippen molar-refractivity contribution in [1.82, 2.24) is 24.7 Å². The van der Waals surface area contributed by atoms with Crippen LogP contribution in [0.5, 0.6) is 11.5 Å². The maximum atomic E-state index is 5.60. The van der Waals surface area contributed by atoms with E-state index in [1.165, 1.54) is 11.8 Å². The Morgan fingerprint density at radius 3 is 2.34 bits per heavy atom. The molecule has 0 aliphatic heterocycles. The topological polar surface area (TPSA) is 87.0 Å². The van der Waals surface area contributed by atoms with Gasteiger partial charge < -0.3 is 14.8 Å². The number of anilines is 1. The number of nitrogens with zero attached hydrogens (tertiary/aromatic N) is 5. The number of ether oxygens (including phenoxy) is 2.